The molecule has 2 aliphatic carbocycles. The van der Waals surface area contributed by atoms with Gasteiger partial charge in [-0.05, 0) is 62.7 Å². The van der Waals surface area contributed by atoms with Crippen molar-refractivity contribution < 1.29 is 14.6 Å². The second-order valence-electron chi connectivity index (χ2n) is 9.64. The Morgan fingerprint density at radius 1 is 1.09 bits per heavy atom. The summed E-state index contributed by atoms with van der Waals surface area (Å²) >= 11 is 0. The first kappa shape index (κ1) is 17.4. The van der Waals surface area contributed by atoms with Gasteiger partial charge < -0.3 is 14.6 Å². The molecule has 3 rings (SSSR count). The summed E-state index contributed by atoms with van der Waals surface area (Å²) in [4.78, 5) is 11.1. The predicted molar refractivity (Wildman–Crippen MR) is 91.2 cm³/mol. The first-order valence-corrected chi connectivity index (χ1v) is 9.43. The van der Waals surface area contributed by atoms with Crippen LogP contribution in [0.1, 0.15) is 79.6 Å². The van der Waals surface area contributed by atoms with E-state index < -0.39 is 0 Å². The monoisotopic (exact) mass is 322 g/mol. The van der Waals surface area contributed by atoms with Crippen molar-refractivity contribution in [3.05, 3.63) is 0 Å². The van der Waals surface area contributed by atoms with Crippen molar-refractivity contribution in [2.45, 2.75) is 96.9 Å². The number of aliphatic hydroxyl groups excluding tert-OH is 1. The van der Waals surface area contributed by atoms with Crippen molar-refractivity contribution in [2.24, 2.45) is 22.7 Å². The number of hydrogen-bond acceptors (Lipinski definition) is 3. The maximum atomic E-state index is 11.1. The Balaban J connectivity index is 2.01. The number of aldehydes is 1. The van der Waals surface area contributed by atoms with Crippen molar-refractivity contribution in [3.8, 4) is 0 Å². The Labute approximate surface area is 141 Å². The molecule has 0 aromatic heterocycles. The van der Waals surface area contributed by atoms with E-state index in [2.05, 4.69) is 34.6 Å². The number of carbonyl (C=O) groups is 1. The first-order valence-electron chi connectivity index (χ1n) is 9.43. The molecule has 1 heterocycles. The number of carbonyl (C=O) groups excluding carboxylic acids is 1. The van der Waals surface area contributed by atoms with Crippen LogP contribution in [0.25, 0.3) is 0 Å². The second kappa shape index (κ2) is 5.29. The van der Waals surface area contributed by atoms with Crippen LogP contribution < -0.4 is 0 Å². The highest BCUT2D eigenvalue weighted by molar-refractivity contribution is 5.51. The molecule has 1 aliphatic heterocycles. The normalized spacial score (nSPS) is 52.3. The third-order valence-corrected chi connectivity index (χ3v) is 8.08. The lowest BCUT2D eigenvalue weighted by Crippen LogP contribution is -2.65. The molecular formula is C20H34O3. The van der Waals surface area contributed by atoms with E-state index in [9.17, 15) is 9.90 Å². The van der Waals surface area contributed by atoms with Crippen molar-refractivity contribution >= 4 is 6.29 Å². The molecule has 1 spiro atoms. The Bertz CT molecular complexity index is 487. The van der Waals surface area contributed by atoms with Crippen LogP contribution >= 0.6 is 0 Å². The molecule has 0 bridgehead atoms. The quantitative estimate of drug-likeness (QED) is 0.778. The maximum absolute atomic E-state index is 11.1. The van der Waals surface area contributed by atoms with Crippen LogP contribution in [-0.4, -0.2) is 28.7 Å². The molecule has 3 aliphatic rings. The lowest BCUT2D eigenvalue weighted by Gasteiger charge is -2.64. The van der Waals surface area contributed by atoms with E-state index in [0.29, 0.717) is 18.3 Å². The van der Waals surface area contributed by atoms with Crippen LogP contribution in [-0.2, 0) is 9.53 Å². The smallest absolute Gasteiger partial charge is 0.122 e. The fourth-order valence-electron chi connectivity index (χ4n) is 6.51. The molecule has 132 valence electrons. The van der Waals surface area contributed by atoms with Crippen LogP contribution in [0.15, 0.2) is 0 Å². The van der Waals surface area contributed by atoms with Gasteiger partial charge in [-0.25, -0.2) is 0 Å². The SMILES string of the molecule is CC1CCC2C(C)(C)C(O)CCC2(C)C12CCC(C)(CC=O)O2. The molecule has 2 saturated carbocycles. The van der Waals surface area contributed by atoms with Gasteiger partial charge in [-0.2, -0.15) is 0 Å². The van der Waals surface area contributed by atoms with Crippen LogP contribution in [0.4, 0.5) is 0 Å². The van der Waals surface area contributed by atoms with Gasteiger partial charge in [0, 0.05) is 11.8 Å². The number of ether oxygens (including phenoxy) is 1. The van der Waals surface area contributed by atoms with E-state index in [1.54, 1.807) is 0 Å². The minimum Gasteiger partial charge on any atom is -0.393 e. The van der Waals surface area contributed by atoms with Gasteiger partial charge in [-0.3, -0.25) is 0 Å². The molecule has 23 heavy (non-hydrogen) atoms. The predicted octanol–water partition coefficient (Wildman–Crippen LogP) is 4.12. The van der Waals surface area contributed by atoms with Gasteiger partial charge in [0.25, 0.3) is 0 Å². The zero-order valence-corrected chi connectivity index (χ0v) is 15.5. The van der Waals surface area contributed by atoms with Gasteiger partial charge in [0.2, 0.25) is 0 Å². The molecule has 0 amide bonds. The summed E-state index contributed by atoms with van der Waals surface area (Å²) in [6.45, 7) is 11.3. The van der Waals surface area contributed by atoms with Crippen molar-refractivity contribution in [1.29, 1.82) is 0 Å². The summed E-state index contributed by atoms with van der Waals surface area (Å²) in [6, 6.07) is 0. The average Bonchev–Trinajstić information content (AvgIpc) is 2.81. The number of hydrogen-bond donors (Lipinski definition) is 1. The van der Waals surface area contributed by atoms with Gasteiger partial charge in [0.05, 0.1) is 17.3 Å². The molecule has 6 atom stereocenters. The van der Waals surface area contributed by atoms with Gasteiger partial charge in [-0.1, -0.05) is 27.7 Å². The molecule has 3 nitrogen and oxygen atoms in total. The van der Waals surface area contributed by atoms with E-state index in [0.717, 1.165) is 38.4 Å². The molecule has 0 aromatic rings. The highest BCUT2D eigenvalue weighted by Crippen LogP contribution is 2.67. The molecule has 3 fully saturated rings. The van der Waals surface area contributed by atoms with Crippen LogP contribution in [0, 0.1) is 22.7 Å². The number of fused-ring (bicyclic) bond motifs is 2. The Morgan fingerprint density at radius 3 is 2.43 bits per heavy atom. The summed E-state index contributed by atoms with van der Waals surface area (Å²) in [5.74, 6) is 0.997. The van der Waals surface area contributed by atoms with Crippen molar-refractivity contribution in [2.75, 3.05) is 0 Å². The van der Waals surface area contributed by atoms with E-state index in [1.807, 2.05) is 0 Å². The highest BCUT2D eigenvalue weighted by atomic mass is 16.5. The minimum atomic E-state index is -0.304. The van der Waals surface area contributed by atoms with Gasteiger partial charge in [-0.15, -0.1) is 0 Å². The van der Waals surface area contributed by atoms with E-state index in [1.165, 1.54) is 6.42 Å². The molecular weight excluding hydrogens is 288 g/mol. The standard InChI is InChI=1S/C20H34O3/c1-14-6-7-15-17(2,3)16(22)8-9-19(15,5)20(14)11-10-18(4,23-20)12-13-21/h13-16,22H,6-12H2,1-5H3. The van der Waals surface area contributed by atoms with Crippen LogP contribution in [0.5, 0.6) is 0 Å². The van der Waals surface area contributed by atoms with Gasteiger partial charge in [0.15, 0.2) is 0 Å². The van der Waals surface area contributed by atoms with Gasteiger partial charge >= 0.3 is 0 Å². The van der Waals surface area contributed by atoms with Crippen molar-refractivity contribution in [1.82, 2.24) is 0 Å². The van der Waals surface area contributed by atoms with Crippen LogP contribution in [0.2, 0.25) is 0 Å². The fraction of sp³-hybridized carbons (Fsp3) is 0.950. The minimum absolute atomic E-state index is 0.0624. The summed E-state index contributed by atoms with van der Waals surface area (Å²) in [7, 11) is 0. The Morgan fingerprint density at radius 2 is 1.78 bits per heavy atom. The number of aliphatic hydroxyl groups is 1. The lowest BCUT2D eigenvalue weighted by atomic mass is 9.44. The third kappa shape index (κ3) is 2.26. The summed E-state index contributed by atoms with van der Waals surface area (Å²) in [5, 5.41) is 10.6. The zero-order valence-electron chi connectivity index (χ0n) is 15.5. The molecule has 6 unspecified atom stereocenters. The van der Waals surface area contributed by atoms with E-state index >= 15 is 0 Å². The third-order valence-electron chi connectivity index (χ3n) is 8.08. The largest absolute Gasteiger partial charge is 0.393 e. The molecule has 0 radical (unpaired) electrons. The molecule has 1 saturated heterocycles. The molecule has 3 heteroatoms. The summed E-state index contributed by atoms with van der Waals surface area (Å²) < 4.78 is 6.82. The second-order valence-corrected chi connectivity index (χ2v) is 9.64. The molecule has 0 aromatic carbocycles. The topological polar surface area (TPSA) is 46.5 Å². The number of rotatable bonds is 2. The van der Waals surface area contributed by atoms with Crippen LogP contribution in [0.3, 0.4) is 0 Å². The molecule has 1 N–H and O–H groups in total. The van der Waals surface area contributed by atoms with E-state index in [4.69, 9.17) is 4.74 Å². The lowest BCUT2D eigenvalue weighted by molar-refractivity contribution is -0.257. The highest BCUT2D eigenvalue weighted by Gasteiger charge is 2.67. The maximum Gasteiger partial charge on any atom is 0.122 e. The zero-order chi connectivity index (χ0) is 17.1. The van der Waals surface area contributed by atoms with E-state index in [-0.39, 0.29) is 28.1 Å². The first-order chi connectivity index (χ1) is 10.6. The summed E-state index contributed by atoms with van der Waals surface area (Å²) in [6.07, 6.45) is 7.55. The van der Waals surface area contributed by atoms with Gasteiger partial charge in [0.1, 0.15) is 6.29 Å². The fourth-order valence-corrected chi connectivity index (χ4v) is 6.51. The average molecular weight is 322 g/mol. The van der Waals surface area contributed by atoms with Crippen molar-refractivity contribution in [3.63, 3.8) is 0 Å². The Hall–Kier alpha value is -0.410. The Kier molecular flexibility index (Phi) is 4.01. The summed E-state index contributed by atoms with van der Waals surface area (Å²) in [5.41, 5.74) is -0.409.